The normalized spacial score (nSPS) is 12.5. The smallest absolute Gasteiger partial charge is 0.0599 e. The molecular weight excluding hydrogens is 166 g/mol. The van der Waals surface area contributed by atoms with Crippen molar-refractivity contribution in [1.82, 2.24) is 4.90 Å². The maximum atomic E-state index is 5.06. The monoisotopic (exact) mass is 189 g/mol. The van der Waals surface area contributed by atoms with Crippen molar-refractivity contribution >= 4 is 8.07 Å². The van der Waals surface area contributed by atoms with E-state index in [4.69, 9.17) is 4.74 Å². The minimum atomic E-state index is -0.921. The van der Waals surface area contributed by atoms with Gasteiger partial charge in [0.05, 0.1) is 14.7 Å². The number of hydrogen-bond donors (Lipinski definition) is 0. The molecule has 0 heterocycles. The van der Waals surface area contributed by atoms with Crippen LogP contribution in [0.25, 0.3) is 0 Å². The van der Waals surface area contributed by atoms with Gasteiger partial charge in [-0.2, -0.15) is 0 Å². The van der Waals surface area contributed by atoms with Crippen LogP contribution in [-0.2, 0) is 4.74 Å². The molecule has 3 heteroatoms. The van der Waals surface area contributed by atoms with Gasteiger partial charge in [-0.05, 0) is 12.7 Å². The van der Waals surface area contributed by atoms with Gasteiger partial charge in [-0.15, -0.1) is 0 Å². The highest BCUT2D eigenvalue weighted by Crippen LogP contribution is 2.03. The highest BCUT2D eigenvalue weighted by Gasteiger charge is 2.16. The van der Waals surface area contributed by atoms with E-state index in [9.17, 15) is 0 Å². The highest BCUT2D eigenvalue weighted by molar-refractivity contribution is 6.76. The second kappa shape index (κ2) is 5.73. The molecule has 0 bridgehead atoms. The Labute approximate surface area is 77.9 Å². The molecule has 0 atom stereocenters. The van der Waals surface area contributed by atoms with E-state index in [1.807, 2.05) is 0 Å². The molecule has 0 rings (SSSR count). The average Bonchev–Trinajstić information content (AvgIpc) is 1.95. The van der Waals surface area contributed by atoms with Gasteiger partial charge in [-0.25, -0.2) is 0 Å². The summed E-state index contributed by atoms with van der Waals surface area (Å²) in [4.78, 5) is 2.48. The van der Waals surface area contributed by atoms with Gasteiger partial charge in [0.25, 0.3) is 0 Å². The molecule has 0 aromatic carbocycles. The summed E-state index contributed by atoms with van der Waals surface area (Å²) in [5.74, 6) is 0. The van der Waals surface area contributed by atoms with E-state index in [0.717, 1.165) is 19.7 Å². The zero-order chi connectivity index (χ0) is 9.61. The molecule has 12 heavy (non-hydrogen) atoms. The van der Waals surface area contributed by atoms with E-state index in [1.165, 1.54) is 6.17 Å². The van der Waals surface area contributed by atoms with Crippen LogP contribution in [0, 0.1) is 0 Å². The van der Waals surface area contributed by atoms with E-state index in [-0.39, 0.29) is 0 Å². The van der Waals surface area contributed by atoms with Crippen molar-refractivity contribution in [1.29, 1.82) is 0 Å². The van der Waals surface area contributed by atoms with Gasteiger partial charge in [0, 0.05) is 13.7 Å². The summed E-state index contributed by atoms with van der Waals surface area (Å²) >= 11 is 0. The Kier molecular flexibility index (Phi) is 5.79. The molecule has 0 saturated carbocycles. The first kappa shape index (κ1) is 12.1. The molecular formula is C9H23NOSi. The Morgan fingerprint density at radius 2 is 1.83 bits per heavy atom. The summed E-state index contributed by atoms with van der Waals surface area (Å²) in [7, 11) is 0.845. The molecule has 0 aromatic rings. The summed E-state index contributed by atoms with van der Waals surface area (Å²) in [6.07, 6.45) is 1.28. The maximum absolute atomic E-state index is 5.06. The Hall–Kier alpha value is 0.137. The van der Waals surface area contributed by atoms with Crippen LogP contribution in [0.1, 0.15) is 6.92 Å². The Bertz CT molecular complexity index is 112. The summed E-state index contributed by atoms with van der Waals surface area (Å²) in [5.41, 5.74) is 0. The van der Waals surface area contributed by atoms with Crippen LogP contribution in [0.15, 0.2) is 0 Å². The number of methoxy groups -OCH3 is 1. The largest absolute Gasteiger partial charge is 0.383 e. The van der Waals surface area contributed by atoms with Crippen molar-refractivity contribution in [3.63, 3.8) is 0 Å². The fourth-order valence-electron chi connectivity index (χ4n) is 1.24. The second-order valence-electron chi connectivity index (χ2n) is 4.42. The van der Waals surface area contributed by atoms with Crippen LogP contribution in [0.2, 0.25) is 19.6 Å². The molecule has 2 nitrogen and oxygen atoms in total. The van der Waals surface area contributed by atoms with Crippen molar-refractivity contribution in [3.8, 4) is 0 Å². The number of likely N-dealkylation sites (N-methyl/N-ethyl adjacent to an activating group) is 1. The standard InChI is InChI=1S/C9H23NOSi/c1-6-10(7-8-11-2)9-12(3,4)5/h6-9H2,1-5H3. The third kappa shape index (κ3) is 6.82. The lowest BCUT2D eigenvalue weighted by Gasteiger charge is -2.27. The van der Waals surface area contributed by atoms with Gasteiger partial charge in [0.15, 0.2) is 0 Å². The van der Waals surface area contributed by atoms with Gasteiger partial charge >= 0.3 is 0 Å². The van der Waals surface area contributed by atoms with E-state index in [2.05, 4.69) is 31.5 Å². The van der Waals surface area contributed by atoms with Crippen molar-refractivity contribution in [3.05, 3.63) is 0 Å². The lowest BCUT2D eigenvalue weighted by Crippen LogP contribution is -2.41. The van der Waals surface area contributed by atoms with E-state index in [0.29, 0.717) is 0 Å². The fraction of sp³-hybridized carbons (Fsp3) is 1.00. The van der Waals surface area contributed by atoms with Crippen LogP contribution in [0.3, 0.4) is 0 Å². The van der Waals surface area contributed by atoms with Gasteiger partial charge in [0.1, 0.15) is 0 Å². The summed E-state index contributed by atoms with van der Waals surface area (Å²) in [6, 6.07) is 0. The zero-order valence-corrected chi connectivity index (χ0v) is 10.2. The lowest BCUT2D eigenvalue weighted by atomic mass is 10.5. The number of ether oxygens (including phenoxy) is 1. The van der Waals surface area contributed by atoms with Crippen molar-refractivity contribution in [2.45, 2.75) is 26.6 Å². The van der Waals surface area contributed by atoms with Crippen molar-refractivity contribution in [2.24, 2.45) is 0 Å². The zero-order valence-electron chi connectivity index (χ0n) is 9.18. The van der Waals surface area contributed by atoms with Crippen molar-refractivity contribution < 1.29 is 4.74 Å². The first-order valence-electron chi connectivity index (χ1n) is 4.71. The number of rotatable bonds is 6. The SMILES string of the molecule is CCN(CCOC)C[Si](C)(C)C. The second-order valence-corrected chi connectivity index (χ2v) is 9.86. The molecule has 0 spiro atoms. The van der Waals surface area contributed by atoms with Gasteiger partial charge in [-0.1, -0.05) is 26.6 Å². The third-order valence-corrected chi connectivity index (χ3v) is 3.15. The highest BCUT2D eigenvalue weighted by atomic mass is 28.3. The summed E-state index contributed by atoms with van der Waals surface area (Å²) < 4.78 is 5.06. The Morgan fingerprint density at radius 3 is 2.17 bits per heavy atom. The van der Waals surface area contributed by atoms with Crippen LogP contribution in [-0.4, -0.2) is 45.9 Å². The predicted octanol–water partition coefficient (Wildman–Crippen LogP) is 1.83. The molecule has 0 fully saturated rings. The molecule has 0 aliphatic rings. The Morgan fingerprint density at radius 1 is 1.25 bits per heavy atom. The third-order valence-electron chi connectivity index (χ3n) is 1.76. The van der Waals surface area contributed by atoms with Crippen LogP contribution in [0.4, 0.5) is 0 Å². The topological polar surface area (TPSA) is 12.5 Å². The van der Waals surface area contributed by atoms with E-state index in [1.54, 1.807) is 7.11 Å². The first-order chi connectivity index (χ1) is 5.49. The lowest BCUT2D eigenvalue weighted by molar-refractivity contribution is 0.159. The van der Waals surface area contributed by atoms with Crippen LogP contribution in [0.5, 0.6) is 0 Å². The molecule has 74 valence electrons. The minimum absolute atomic E-state index is 0.859. The average molecular weight is 189 g/mol. The van der Waals surface area contributed by atoms with Crippen LogP contribution < -0.4 is 0 Å². The quantitative estimate of drug-likeness (QED) is 0.591. The van der Waals surface area contributed by atoms with Gasteiger partial charge in [0.2, 0.25) is 0 Å². The molecule has 0 saturated heterocycles. The Balaban J connectivity index is 3.67. The fourth-order valence-corrected chi connectivity index (χ4v) is 2.96. The first-order valence-corrected chi connectivity index (χ1v) is 8.41. The van der Waals surface area contributed by atoms with E-state index < -0.39 is 8.07 Å². The van der Waals surface area contributed by atoms with Crippen molar-refractivity contribution in [2.75, 3.05) is 33.0 Å². The van der Waals surface area contributed by atoms with Gasteiger partial charge in [-0.3, -0.25) is 0 Å². The molecule has 0 aliphatic carbocycles. The van der Waals surface area contributed by atoms with Crippen LogP contribution >= 0.6 is 0 Å². The maximum Gasteiger partial charge on any atom is 0.0599 e. The molecule has 0 aromatic heterocycles. The molecule has 0 radical (unpaired) electrons. The predicted molar refractivity (Wildman–Crippen MR) is 57.3 cm³/mol. The summed E-state index contributed by atoms with van der Waals surface area (Å²) in [5, 5.41) is 0. The number of nitrogens with zero attached hydrogens (tertiary/aromatic N) is 1. The molecule has 0 N–H and O–H groups in total. The van der Waals surface area contributed by atoms with Gasteiger partial charge < -0.3 is 9.64 Å². The molecule has 0 unspecified atom stereocenters. The molecule has 0 aliphatic heterocycles. The van der Waals surface area contributed by atoms with E-state index >= 15 is 0 Å². The minimum Gasteiger partial charge on any atom is -0.383 e. The number of hydrogen-bond acceptors (Lipinski definition) is 2. The molecule has 0 amide bonds. The summed E-state index contributed by atoms with van der Waals surface area (Å²) in [6.45, 7) is 12.5.